The predicted molar refractivity (Wildman–Crippen MR) is 79.6 cm³/mol. The van der Waals surface area contributed by atoms with Crippen molar-refractivity contribution in [2.45, 2.75) is 52.9 Å². The molecule has 0 aliphatic heterocycles. The third-order valence-corrected chi connectivity index (χ3v) is 3.04. The number of Topliss-reactive ketones (excluding diaryl/α,β-unsaturated/α-hetero) is 2. The minimum absolute atomic E-state index is 0.00227. The molecule has 0 aliphatic rings. The molecule has 0 aromatic carbocycles. The maximum atomic E-state index is 11.5. The van der Waals surface area contributed by atoms with Crippen LogP contribution in [-0.2, 0) is 19.2 Å². The average molecular weight is 298 g/mol. The zero-order chi connectivity index (χ0) is 16.3. The van der Waals surface area contributed by atoms with Gasteiger partial charge in [-0.15, -0.1) is 0 Å². The van der Waals surface area contributed by atoms with Crippen LogP contribution in [0.25, 0.3) is 0 Å². The lowest BCUT2D eigenvalue weighted by molar-refractivity contribution is -0.126. The predicted octanol–water partition coefficient (Wildman–Crippen LogP) is 0.983. The normalized spacial score (nSPS) is 10.3. The summed E-state index contributed by atoms with van der Waals surface area (Å²) in [5.74, 6) is -0.432. The number of amides is 2. The minimum atomic E-state index is -0.175. The summed E-state index contributed by atoms with van der Waals surface area (Å²) >= 11 is 0. The SMILES string of the molecule is CCC(=O)CNC(=O)CCCCC(=O)NCC(=O)C(C)C. The molecule has 21 heavy (non-hydrogen) atoms. The lowest BCUT2D eigenvalue weighted by Crippen LogP contribution is -2.31. The van der Waals surface area contributed by atoms with Crippen molar-refractivity contribution in [3.8, 4) is 0 Å². The Bertz CT molecular complexity index is 378. The molecule has 0 atom stereocenters. The van der Waals surface area contributed by atoms with E-state index in [1.165, 1.54) is 0 Å². The van der Waals surface area contributed by atoms with E-state index in [9.17, 15) is 19.2 Å². The molecule has 0 saturated carbocycles. The second kappa shape index (κ2) is 11.0. The Labute approximate surface area is 126 Å². The Balaban J connectivity index is 3.61. The van der Waals surface area contributed by atoms with Crippen LogP contribution in [0.1, 0.15) is 52.9 Å². The topological polar surface area (TPSA) is 92.3 Å². The first-order chi connectivity index (χ1) is 9.86. The summed E-state index contributed by atoms with van der Waals surface area (Å²) in [4.78, 5) is 45.2. The minimum Gasteiger partial charge on any atom is -0.349 e. The highest BCUT2D eigenvalue weighted by Gasteiger charge is 2.09. The maximum Gasteiger partial charge on any atom is 0.220 e. The van der Waals surface area contributed by atoms with Crippen molar-refractivity contribution in [1.29, 1.82) is 0 Å². The van der Waals surface area contributed by atoms with Gasteiger partial charge in [-0.3, -0.25) is 19.2 Å². The smallest absolute Gasteiger partial charge is 0.220 e. The van der Waals surface area contributed by atoms with Gasteiger partial charge in [0.2, 0.25) is 11.8 Å². The molecule has 6 nitrogen and oxygen atoms in total. The van der Waals surface area contributed by atoms with Crippen LogP contribution in [0, 0.1) is 5.92 Å². The van der Waals surface area contributed by atoms with Gasteiger partial charge >= 0.3 is 0 Å². The number of hydrogen-bond acceptors (Lipinski definition) is 4. The third kappa shape index (κ3) is 10.7. The highest BCUT2D eigenvalue weighted by atomic mass is 16.2. The van der Waals surface area contributed by atoms with Crippen molar-refractivity contribution in [3.05, 3.63) is 0 Å². The third-order valence-electron chi connectivity index (χ3n) is 3.04. The highest BCUT2D eigenvalue weighted by molar-refractivity contribution is 5.87. The summed E-state index contributed by atoms with van der Waals surface area (Å²) in [6.07, 6.45) is 2.17. The van der Waals surface area contributed by atoms with Crippen molar-refractivity contribution < 1.29 is 19.2 Å². The molecule has 2 amide bonds. The Kier molecular flexibility index (Phi) is 10.1. The van der Waals surface area contributed by atoms with Crippen molar-refractivity contribution in [1.82, 2.24) is 10.6 Å². The van der Waals surface area contributed by atoms with E-state index in [-0.39, 0.29) is 42.4 Å². The molecule has 120 valence electrons. The first-order valence-electron chi connectivity index (χ1n) is 7.44. The molecule has 0 heterocycles. The van der Waals surface area contributed by atoms with E-state index in [0.717, 1.165) is 0 Å². The lowest BCUT2D eigenvalue weighted by Gasteiger charge is -2.07. The van der Waals surface area contributed by atoms with E-state index in [1.807, 2.05) is 0 Å². The Hall–Kier alpha value is -1.72. The van der Waals surface area contributed by atoms with E-state index in [2.05, 4.69) is 10.6 Å². The van der Waals surface area contributed by atoms with Gasteiger partial charge in [0.15, 0.2) is 11.6 Å². The number of rotatable bonds is 11. The van der Waals surface area contributed by atoms with Crippen molar-refractivity contribution in [2.75, 3.05) is 13.1 Å². The molecule has 0 unspecified atom stereocenters. The standard InChI is InChI=1S/C15H26N2O4/c1-4-12(18)9-16-14(20)7-5-6-8-15(21)17-10-13(19)11(2)3/h11H,4-10H2,1-3H3,(H,16,20)(H,17,21). The van der Waals surface area contributed by atoms with Gasteiger partial charge in [-0.25, -0.2) is 0 Å². The molecular weight excluding hydrogens is 272 g/mol. The Morgan fingerprint density at radius 1 is 0.857 bits per heavy atom. The van der Waals surface area contributed by atoms with Gasteiger partial charge in [-0.2, -0.15) is 0 Å². The number of carbonyl (C=O) groups is 4. The molecular formula is C15H26N2O4. The zero-order valence-electron chi connectivity index (χ0n) is 13.2. The number of hydrogen-bond donors (Lipinski definition) is 2. The molecule has 0 aromatic heterocycles. The molecule has 0 radical (unpaired) electrons. The van der Waals surface area contributed by atoms with Gasteiger partial charge in [0.25, 0.3) is 0 Å². The molecule has 6 heteroatoms. The summed E-state index contributed by atoms with van der Waals surface area (Å²) in [6.45, 7) is 5.47. The van der Waals surface area contributed by atoms with Crippen LogP contribution < -0.4 is 10.6 Å². The summed E-state index contributed by atoms with van der Waals surface area (Å²) in [5, 5.41) is 5.11. The second-order valence-electron chi connectivity index (χ2n) is 5.27. The fourth-order valence-electron chi connectivity index (χ4n) is 1.46. The molecule has 0 spiro atoms. The first kappa shape index (κ1) is 19.3. The molecule has 0 rings (SSSR count). The van der Waals surface area contributed by atoms with Gasteiger partial charge in [0.05, 0.1) is 13.1 Å². The van der Waals surface area contributed by atoms with Crippen molar-refractivity contribution in [3.63, 3.8) is 0 Å². The second-order valence-corrected chi connectivity index (χ2v) is 5.27. The van der Waals surface area contributed by atoms with Gasteiger partial charge < -0.3 is 10.6 Å². The maximum absolute atomic E-state index is 11.5. The molecule has 0 aliphatic carbocycles. The molecule has 2 N–H and O–H groups in total. The summed E-state index contributed by atoms with van der Waals surface area (Å²) in [7, 11) is 0. The monoisotopic (exact) mass is 298 g/mol. The van der Waals surface area contributed by atoms with E-state index >= 15 is 0 Å². The molecule has 0 fully saturated rings. The average Bonchev–Trinajstić information content (AvgIpc) is 2.46. The summed E-state index contributed by atoms with van der Waals surface area (Å²) in [6, 6.07) is 0. The van der Waals surface area contributed by atoms with Crippen LogP contribution in [0.3, 0.4) is 0 Å². The van der Waals surface area contributed by atoms with Gasteiger partial charge in [0.1, 0.15) is 0 Å². The highest BCUT2D eigenvalue weighted by Crippen LogP contribution is 2.00. The van der Waals surface area contributed by atoms with E-state index in [0.29, 0.717) is 32.1 Å². The van der Waals surface area contributed by atoms with Crippen LogP contribution in [0.2, 0.25) is 0 Å². The molecule has 0 saturated heterocycles. The van der Waals surface area contributed by atoms with E-state index < -0.39 is 0 Å². The van der Waals surface area contributed by atoms with Crippen LogP contribution in [0.5, 0.6) is 0 Å². The number of unbranched alkanes of at least 4 members (excludes halogenated alkanes) is 1. The summed E-state index contributed by atoms with van der Waals surface area (Å²) < 4.78 is 0. The largest absolute Gasteiger partial charge is 0.349 e. The quantitative estimate of drug-likeness (QED) is 0.556. The molecule has 0 bridgehead atoms. The van der Waals surface area contributed by atoms with Gasteiger partial charge in [0, 0.05) is 25.2 Å². The number of carbonyl (C=O) groups excluding carboxylic acids is 4. The van der Waals surface area contributed by atoms with Crippen LogP contribution in [-0.4, -0.2) is 36.5 Å². The van der Waals surface area contributed by atoms with E-state index in [4.69, 9.17) is 0 Å². The Morgan fingerprint density at radius 2 is 1.33 bits per heavy atom. The molecule has 0 aromatic rings. The first-order valence-corrected chi connectivity index (χ1v) is 7.44. The van der Waals surface area contributed by atoms with Crippen molar-refractivity contribution >= 4 is 23.4 Å². The van der Waals surface area contributed by atoms with Crippen LogP contribution in [0.4, 0.5) is 0 Å². The van der Waals surface area contributed by atoms with Gasteiger partial charge in [-0.05, 0) is 12.8 Å². The summed E-state index contributed by atoms with van der Waals surface area (Å²) in [5.41, 5.74) is 0. The fourth-order valence-corrected chi connectivity index (χ4v) is 1.46. The van der Waals surface area contributed by atoms with Crippen LogP contribution >= 0.6 is 0 Å². The zero-order valence-corrected chi connectivity index (χ0v) is 13.2. The van der Waals surface area contributed by atoms with Crippen molar-refractivity contribution in [2.24, 2.45) is 5.92 Å². The number of ketones is 2. The number of nitrogens with one attached hydrogen (secondary N) is 2. The Morgan fingerprint density at radius 3 is 1.76 bits per heavy atom. The van der Waals surface area contributed by atoms with E-state index in [1.54, 1.807) is 20.8 Å². The fraction of sp³-hybridized carbons (Fsp3) is 0.733. The lowest BCUT2D eigenvalue weighted by atomic mass is 10.1. The van der Waals surface area contributed by atoms with Crippen LogP contribution in [0.15, 0.2) is 0 Å². The van der Waals surface area contributed by atoms with Gasteiger partial charge in [-0.1, -0.05) is 20.8 Å².